The van der Waals surface area contributed by atoms with Gasteiger partial charge >= 0.3 is 5.97 Å². The van der Waals surface area contributed by atoms with Crippen molar-refractivity contribution in [2.75, 3.05) is 27.4 Å². The fourth-order valence-electron chi connectivity index (χ4n) is 3.96. The lowest BCUT2D eigenvalue weighted by Gasteiger charge is -2.31. The van der Waals surface area contributed by atoms with Crippen LogP contribution in [-0.2, 0) is 15.9 Å². The summed E-state index contributed by atoms with van der Waals surface area (Å²) in [6.45, 7) is 3.30. The van der Waals surface area contributed by atoms with Gasteiger partial charge in [-0.3, -0.25) is 0 Å². The third kappa shape index (κ3) is 5.05. The molecule has 1 aromatic carbocycles. The van der Waals surface area contributed by atoms with Crippen LogP contribution in [0.2, 0.25) is 5.02 Å². The van der Waals surface area contributed by atoms with Gasteiger partial charge in [-0.15, -0.1) is 0 Å². The maximum atomic E-state index is 12.2. The monoisotopic (exact) mass is 448 g/mol. The van der Waals surface area contributed by atoms with Crippen molar-refractivity contribution in [2.24, 2.45) is 5.16 Å². The van der Waals surface area contributed by atoms with Gasteiger partial charge in [0.2, 0.25) is 0 Å². The van der Waals surface area contributed by atoms with Crippen molar-refractivity contribution in [3.63, 3.8) is 0 Å². The highest BCUT2D eigenvalue weighted by Gasteiger charge is 2.27. The predicted octanol–water partition coefficient (Wildman–Crippen LogP) is 4.59. The van der Waals surface area contributed by atoms with Crippen LogP contribution in [0, 0.1) is 0 Å². The fraction of sp³-hybridized carbons (Fsp3) is 0.478. The topological polar surface area (TPSA) is 82.3 Å². The number of methoxy groups -OCH3 is 2. The van der Waals surface area contributed by atoms with Crippen LogP contribution in [0.4, 0.5) is 0 Å². The Bertz CT molecular complexity index is 1000. The Balaban J connectivity index is 2.08. The van der Waals surface area contributed by atoms with Gasteiger partial charge in [-0.2, -0.15) is 0 Å². The van der Waals surface area contributed by atoms with E-state index in [1.54, 1.807) is 19.4 Å². The minimum absolute atomic E-state index is 0.154. The van der Waals surface area contributed by atoms with Gasteiger partial charge in [-0.1, -0.05) is 36.5 Å². The molecule has 2 heterocycles. The van der Waals surface area contributed by atoms with Crippen molar-refractivity contribution in [1.29, 1.82) is 0 Å². The summed E-state index contributed by atoms with van der Waals surface area (Å²) in [5, 5.41) is 13.5. The standard InChI is InChI=1S/C23H29ClN2O5/c1-4-5-7-16-10-15-11-22(31-9-6-8-29-2)19(24)12-17(15)21-13-20(25-28)18(14-26(16)21)23(27)30-3/h11-14,16,28H,4-10H2,1-3H3. The van der Waals surface area contributed by atoms with E-state index >= 15 is 0 Å². The van der Waals surface area contributed by atoms with Gasteiger partial charge in [-0.25, -0.2) is 4.79 Å². The molecule has 1 aliphatic heterocycles. The van der Waals surface area contributed by atoms with E-state index in [1.165, 1.54) is 7.11 Å². The normalized spacial score (nSPS) is 15.4. The first-order valence-corrected chi connectivity index (χ1v) is 10.9. The van der Waals surface area contributed by atoms with Crippen molar-refractivity contribution >= 4 is 17.6 Å². The van der Waals surface area contributed by atoms with Gasteiger partial charge in [-0.05, 0) is 36.6 Å². The summed E-state index contributed by atoms with van der Waals surface area (Å²) >= 11 is 6.53. The molecule has 7 nitrogen and oxygen atoms in total. The number of nitrogens with zero attached hydrogens (tertiary/aromatic N) is 2. The summed E-state index contributed by atoms with van der Waals surface area (Å²) < 4.78 is 17.9. The number of hydrogen-bond donors (Lipinski definition) is 1. The Morgan fingerprint density at radius 1 is 1.26 bits per heavy atom. The van der Waals surface area contributed by atoms with Gasteiger partial charge in [0.1, 0.15) is 16.7 Å². The lowest BCUT2D eigenvalue weighted by Crippen LogP contribution is -2.26. The zero-order chi connectivity index (χ0) is 22.4. The van der Waals surface area contributed by atoms with E-state index in [2.05, 4.69) is 16.6 Å². The van der Waals surface area contributed by atoms with Crippen LogP contribution >= 0.6 is 11.6 Å². The maximum Gasteiger partial charge on any atom is 0.341 e. The summed E-state index contributed by atoms with van der Waals surface area (Å²) in [5.74, 6) is 0.110. The number of hydrogen-bond acceptors (Lipinski definition) is 6. The number of pyridine rings is 1. The number of carbonyl (C=O) groups is 1. The SMILES string of the molecule is CCCCC1Cc2cc(OCCCOC)c(Cl)cc2-c2cc(=NO)c(C(=O)OC)cn21. The Morgan fingerprint density at radius 3 is 2.74 bits per heavy atom. The largest absolute Gasteiger partial charge is 0.492 e. The third-order valence-corrected chi connectivity index (χ3v) is 5.83. The van der Waals surface area contributed by atoms with Gasteiger partial charge in [0.15, 0.2) is 0 Å². The Kier molecular flexibility index (Phi) is 7.98. The summed E-state index contributed by atoms with van der Waals surface area (Å²) in [6.07, 6.45) is 6.37. The number of benzene rings is 1. The van der Waals surface area contributed by atoms with Crippen LogP contribution in [0.3, 0.4) is 0 Å². The van der Waals surface area contributed by atoms with E-state index in [0.717, 1.165) is 48.9 Å². The van der Waals surface area contributed by atoms with E-state index < -0.39 is 5.97 Å². The molecule has 0 spiro atoms. The summed E-state index contributed by atoms with van der Waals surface area (Å²) in [4.78, 5) is 12.2. The van der Waals surface area contributed by atoms with E-state index in [9.17, 15) is 10.0 Å². The molecule has 1 unspecified atom stereocenters. The maximum absolute atomic E-state index is 12.2. The molecule has 8 heteroatoms. The van der Waals surface area contributed by atoms with Crippen molar-refractivity contribution < 1.29 is 24.2 Å². The smallest absolute Gasteiger partial charge is 0.341 e. The van der Waals surface area contributed by atoms with Crippen LogP contribution in [-0.4, -0.2) is 43.2 Å². The Hall–Kier alpha value is -2.51. The van der Waals surface area contributed by atoms with Crippen molar-refractivity contribution in [2.45, 2.75) is 45.1 Å². The molecule has 0 amide bonds. The van der Waals surface area contributed by atoms with Gasteiger partial charge < -0.3 is 24.0 Å². The zero-order valence-electron chi connectivity index (χ0n) is 18.2. The van der Waals surface area contributed by atoms with Gasteiger partial charge in [0.05, 0.1) is 24.4 Å². The summed E-state index contributed by atoms with van der Waals surface area (Å²) in [5.41, 5.74) is 3.11. The van der Waals surface area contributed by atoms with E-state index in [1.807, 2.05) is 12.1 Å². The molecular weight excluding hydrogens is 420 g/mol. The highest BCUT2D eigenvalue weighted by molar-refractivity contribution is 6.32. The molecule has 0 bridgehead atoms. The fourth-order valence-corrected chi connectivity index (χ4v) is 4.18. The van der Waals surface area contributed by atoms with Crippen molar-refractivity contribution in [3.8, 4) is 17.0 Å². The lowest BCUT2D eigenvalue weighted by molar-refractivity contribution is 0.0596. The van der Waals surface area contributed by atoms with Crippen molar-refractivity contribution in [1.82, 2.24) is 4.57 Å². The summed E-state index contributed by atoms with van der Waals surface area (Å²) in [7, 11) is 2.97. The Labute approximate surface area is 187 Å². The Morgan fingerprint density at radius 2 is 2.06 bits per heavy atom. The van der Waals surface area contributed by atoms with Crippen molar-refractivity contribution in [3.05, 3.63) is 45.9 Å². The second-order valence-corrected chi connectivity index (χ2v) is 8.00. The van der Waals surface area contributed by atoms with Gasteiger partial charge in [0.25, 0.3) is 0 Å². The second kappa shape index (κ2) is 10.7. The number of esters is 1. The number of unbranched alkanes of at least 4 members (excludes halogenated alkanes) is 1. The lowest BCUT2D eigenvalue weighted by atomic mass is 9.89. The average molecular weight is 449 g/mol. The van der Waals surface area contributed by atoms with Crippen LogP contribution in [0.1, 0.15) is 54.6 Å². The average Bonchev–Trinajstić information content (AvgIpc) is 2.79. The molecule has 0 fully saturated rings. The number of ether oxygens (including phenoxy) is 3. The van der Waals surface area contributed by atoms with E-state index in [0.29, 0.717) is 24.0 Å². The minimum Gasteiger partial charge on any atom is -0.492 e. The molecule has 0 radical (unpaired) electrons. The number of fused-ring (bicyclic) bond motifs is 3. The summed E-state index contributed by atoms with van der Waals surface area (Å²) in [6, 6.07) is 5.74. The molecule has 3 rings (SSSR count). The first-order chi connectivity index (χ1) is 15.0. The molecule has 31 heavy (non-hydrogen) atoms. The van der Waals surface area contributed by atoms with E-state index in [4.69, 9.17) is 25.8 Å². The molecule has 0 saturated heterocycles. The number of carbonyl (C=O) groups excluding carboxylic acids is 1. The zero-order valence-corrected chi connectivity index (χ0v) is 18.9. The predicted molar refractivity (Wildman–Crippen MR) is 118 cm³/mol. The number of aromatic nitrogens is 1. The molecule has 0 aliphatic carbocycles. The van der Waals surface area contributed by atoms with Crippen LogP contribution in [0.5, 0.6) is 5.75 Å². The molecule has 1 N–H and O–H groups in total. The van der Waals surface area contributed by atoms with Crippen LogP contribution in [0.15, 0.2) is 29.6 Å². The minimum atomic E-state index is -0.541. The van der Waals surface area contributed by atoms with E-state index in [-0.39, 0.29) is 17.0 Å². The molecule has 168 valence electrons. The highest BCUT2D eigenvalue weighted by atomic mass is 35.5. The molecule has 2 aromatic rings. The highest BCUT2D eigenvalue weighted by Crippen LogP contribution is 2.41. The van der Waals surface area contributed by atoms with Crippen LogP contribution in [0.25, 0.3) is 11.3 Å². The van der Waals surface area contributed by atoms with Gasteiger partial charge in [0, 0.05) is 37.9 Å². The number of rotatable bonds is 9. The molecule has 1 aromatic heterocycles. The molecular formula is C23H29ClN2O5. The van der Waals surface area contributed by atoms with Crippen LogP contribution < -0.4 is 10.1 Å². The quantitative estimate of drug-likeness (QED) is 0.262. The number of halogens is 1. The molecule has 1 atom stereocenters. The molecule has 0 saturated carbocycles. The molecule has 1 aliphatic rings. The first-order valence-electron chi connectivity index (χ1n) is 10.5. The first kappa shape index (κ1) is 23.2. The second-order valence-electron chi connectivity index (χ2n) is 7.59. The third-order valence-electron chi connectivity index (χ3n) is 5.53.